The van der Waals surface area contributed by atoms with E-state index in [2.05, 4.69) is 20.9 Å². The van der Waals surface area contributed by atoms with Crippen molar-refractivity contribution in [3.8, 4) is 11.5 Å². The molecule has 9 heteroatoms. The van der Waals surface area contributed by atoms with Crippen molar-refractivity contribution in [2.45, 2.75) is 33.1 Å². The predicted octanol–water partition coefficient (Wildman–Crippen LogP) is 2.84. The predicted molar refractivity (Wildman–Crippen MR) is 126 cm³/mol. The molecule has 31 heavy (non-hydrogen) atoms. The third kappa shape index (κ3) is 7.52. The van der Waals surface area contributed by atoms with E-state index in [9.17, 15) is 4.79 Å². The van der Waals surface area contributed by atoms with Gasteiger partial charge in [-0.1, -0.05) is 0 Å². The van der Waals surface area contributed by atoms with E-state index in [4.69, 9.17) is 26.4 Å². The Hall–Kier alpha value is -2.10. The average molecular weight is 451 g/mol. The molecule has 0 radical (unpaired) electrons. The van der Waals surface area contributed by atoms with Crippen molar-refractivity contribution in [3.05, 3.63) is 12.1 Å². The van der Waals surface area contributed by atoms with E-state index in [-0.39, 0.29) is 11.8 Å². The number of morpholine rings is 1. The van der Waals surface area contributed by atoms with E-state index in [0.717, 1.165) is 58.7 Å². The van der Waals surface area contributed by atoms with Crippen LogP contribution in [0.1, 0.15) is 33.1 Å². The van der Waals surface area contributed by atoms with Gasteiger partial charge in [-0.15, -0.1) is 0 Å². The normalized spacial score (nSPS) is 16.5. The zero-order chi connectivity index (χ0) is 22.1. The molecule has 1 saturated heterocycles. The first-order chi connectivity index (χ1) is 15.1. The second-order valence-corrected chi connectivity index (χ2v) is 8.07. The number of anilines is 2. The minimum Gasteiger partial charge on any atom is -0.492 e. The van der Waals surface area contributed by atoms with E-state index in [1.54, 1.807) is 6.07 Å². The lowest BCUT2D eigenvalue weighted by Gasteiger charge is -2.26. The molecule has 1 heterocycles. The Morgan fingerprint density at radius 2 is 1.71 bits per heavy atom. The van der Waals surface area contributed by atoms with E-state index < -0.39 is 0 Å². The summed E-state index contributed by atoms with van der Waals surface area (Å²) in [4.78, 5) is 14.7. The zero-order valence-electron chi connectivity index (χ0n) is 18.5. The van der Waals surface area contributed by atoms with Crippen molar-refractivity contribution < 1.29 is 19.0 Å². The second kappa shape index (κ2) is 12.1. The maximum atomic E-state index is 12.3. The van der Waals surface area contributed by atoms with Crippen LogP contribution < -0.4 is 25.4 Å². The van der Waals surface area contributed by atoms with Gasteiger partial charge in [-0.25, -0.2) is 0 Å². The number of ether oxygens (including phenoxy) is 3. The van der Waals surface area contributed by atoms with Crippen LogP contribution in [-0.2, 0) is 9.53 Å². The van der Waals surface area contributed by atoms with Gasteiger partial charge >= 0.3 is 0 Å². The number of carbonyl (C=O) groups excluding carboxylic acids is 1. The van der Waals surface area contributed by atoms with Crippen LogP contribution in [0.2, 0.25) is 0 Å². The Bertz CT molecular complexity index is 751. The fourth-order valence-corrected chi connectivity index (χ4v) is 3.59. The van der Waals surface area contributed by atoms with Crippen LogP contribution in [0, 0.1) is 5.92 Å². The maximum absolute atomic E-state index is 12.3. The Morgan fingerprint density at radius 1 is 1.10 bits per heavy atom. The number of nitrogens with zero attached hydrogens (tertiary/aromatic N) is 1. The summed E-state index contributed by atoms with van der Waals surface area (Å²) in [5.41, 5.74) is 1.33. The number of amides is 1. The summed E-state index contributed by atoms with van der Waals surface area (Å²) < 4.78 is 16.9. The summed E-state index contributed by atoms with van der Waals surface area (Å²) in [6.07, 6.45) is 2.88. The van der Waals surface area contributed by atoms with Gasteiger partial charge in [0.2, 0.25) is 5.91 Å². The lowest BCUT2D eigenvalue weighted by molar-refractivity contribution is -0.117. The van der Waals surface area contributed by atoms with Crippen molar-refractivity contribution in [1.29, 1.82) is 0 Å². The van der Waals surface area contributed by atoms with Gasteiger partial charge in [0.05, 0.1) is 37.8 Å². The fraction of sp³-hybridized carbons (Fsp3) is 0.636. The molecule has 1 aliphatic heterocycles. The fourth-order valence-electron chi connectivity index (χ4n) is 3.38. The monoisotopic (exact) mass is 450 g/mol. The molecule has 0 aromatic heterocycles. The first-order valence-electron chi connectivity index (χ1n) is 11.2. The minimum atomic E-state index is 0.0292. The molecular weight excluding hydrogens is 416 g/mol. The molecule has 0 spiro atoms. The molecule has 3 rings (SSSR count). The Kier molecular flexibility index (Phi) is 9.17. The lowest BCUT2D eigenvalue weighted by atomic mass is 10.2. The Labute approximate surface area is 190 Å². The van der Waals surface area contributed by atoms with E-state index in [1.807, 2.05) is 19.9 Å². The van der Waals surface area contributed by atoms with Gasteiger partial charge in [-0.3, -0.25) is 9.69 Å². The molecule has 1 amide bonds. The van der Waals surface area contributed by atoms with Crippen LogP contribution in [0.3, 0.4) is 0 Å². The summed E-state index contributed by atoms with van der Waals surface area (Å²) in [6.45, 7) is 10.2. The van der Waals surface area contributed by atoms with Gasteiger partial charge < -0.3 is 30.2 Å². The molecule has 8 nitrogen and oxygen atoms in total. The first kappa shape index (κ1) is 23.6. The van der Waals surface area contributed by atoms with Crippen LogP contribution in [0.5, 0.6) is 11.5 Å². The molecule has 1 saturated carbocycles. The number of thiocarbonyl (C=S) groups is 1. The molecule has 172 valence electrons. The minimum absolute atomic E-state index is 0.0292. The molecule has 0 unspecified atom stereocenters. The standard InChI is InChI=1S/C22H34N4O4S/c1-3-29-19-15-18(20(30-4-2)14-17(19)24-21(27)16-6-7-16)25-22(31)23-8-5-9-26-10-12-28-13-11-26/h14-16H,3-13H2,1-2H3,(H,24,27)(H2,23,25,31). The highest BCUT2D eigenvalue weighted by Gasteiger charge is 2.30. The van der Waals surface area contributed by atoms with Crippen molar-refractivity contribution in [2.75, 3.05) is 63.2 Å². The Balaban J connectivity index is 1.58. The summed E-state index contributed by atoms with van der Waals surface area (Å²) in [6, 6.07) is 3.64. The van der Waals surface area contributed by atoms with Gasteiger partial charge in [0.25, 0.3) is 0 Å². The third-order valence-corrected chi connectivity index (χ3v) is 5.42. The molecule has 1 aromatic carbocycles. The number of benzene rings is 1. The quantitative estimate of drug-likeness (QED) is 0.351. The summed E-state index contributed by atoms with van der Waals surface area (Å²) in [7, 11) is 0. The highest BCUT2D eigenvalue weighted by atomic mass is 32.1. The molecule has 1 aliphatic carbocycles. The average Bonchev–Trinajstić information content (AvgIpc) is 3.61. The van der Waals surface area contributed by atoms with Gasteiger partial charge in [0.1, 0.15) is 11.5 Å². The smallest absolute Gasteiger partial charge is 0.227 e. The molecule has 0 bridgehead atoms. The topological polar surface area (TPSA) is 84.1 Å². The first-order valence-corrected chi connectivity index (χ1v) is 11.6. The highest BCUT2D eigenvalue weighted by molar-refractivity contribution is 7.80. The van der Waals surface area contributed by atoms with E-state index >= 15 is 0 Å². The molecular formula is C22H34N4O4S. The van der Waals surface area contributed by atoms with Gasteiger partial charge in [0.15, 0.2) is 5.11 Å². The van der Waals surface area contributed by atoms with Crippen LogP contribution in [0.4, 0.5) is 11.4 Å². The van der Waals surface area contributed by atoms with Gasteiger partial charge in [0, 0.05) is 37.7 Å². The zero-order valence-corrected chi connectivity index (χ0v) is 19.3. The van der Waals surface area contributed by atoms with Crippen molar-refractivity contribution >= 4 is 34.6 Å². The molecule has 1 aromatic rings. The van der Waals surface area contributed by atoms with E-state index in [1.165, 1.54) is 0 Å². The van der Waals surface area contributed by atoms with Crippen molar-refractivity contribution in [2.24, 2.45) is 5.92 Å². The lowest BCUT2D eigenvalue weighted by Crippen LogP contribution is -2.38. The summed E-state index contributed by atoms with van der Waals surface area (Å²) in [5.74, 6) is 1.35. The van der Waals surface area contributed by atoms with Crippen LogP contribution in [-0.4, -0.2) is 68.5 Å². The highest BCUT2D eigenvalue weighted by Crippen LogP contribution is 2.38. The third-order valence-electron chi connectivity index (χ3n) is 5.18. The Morgan fingerprint density at radius 3 is 2.29 bits per heavy atom. The summed E-state index contributed by atoms with van der Waals surface area (Å²) >= 11 is 5.48. The van der Waals surface area contributed by atoms with Crippen molar-refractivity contribution in [1.82, 2.24) is 10.2 Å². The van der Waals surface area contributed by atoms with Crippen molar-refractivity contribution in [3.63, 3.8) is 0 Å². The second-order valence-electron chi connectivity index (χ2n) is 7.66. The number of hydrogen-bond acceptors (Lipinski definition) is 6. The van der Waals surface area contributed by atoms with Crippen LogP contribution >= 0.6 is 12.2 Å². The number of nitrogens with one attached hydrogen (secondary N) is 3. The summed E-state index contributed by atoms with van der Waals surface area (Å²) in [5, 5.41) is 9.98. The molecule has 0 atom stereocenters. The SMILES string of the molecule is CCOc1cc(NC(=S)NCCCN2CCOCC2)c(OCC)cc1NC(=O)C1CC1. The molecule has 2 aliphatic rings. The number of hydrogen-bond donors (Lipinski definition) is 3. The van der Waals surface area contributed by atoms with Crippen LogP contribution in [0.25, 0.3) is 0 Å². The van der Waals surface area contributed by atoms with E-state index in [0.29, 0.717) is 41.2 Å². The molecule has 3 N–H and O–H groups in total. The maximum Gasteiger partial charge on any atom is 0.227 e. The number of carbonyl (C=O) groups is 1. The van der Waals surface area contributed by atoms with Gasteiger partial charge in [-0.05, 0) is 51.9 Å². The molecule has 2 fully saturated rings. The van der Waals surface area contributed by atoms with Gasteiger partial charge in [-0.2, -0.15) is 0 Å². The van der Waals surface area contributed by atoms with Crippen LogP contribution in [0.15, 0.2) is 12.1 Å². The largest absolute Gasteiger partial charge is 0.492 e. The number of rotatable bonds is 11.